The molecule has 0 aromatic heterocycles. The van der Waals surface area contributed by atoms with Gasteiger partial charge in [-0.1, -0.05) is 54.6 Å². The highest BCUT2D eigenvalue weighted by molar-refractivity contribution is 5.79. The Balaban J connectivity index is 1.70. The number of aliphatic hydroxyl groups is 1. The fraction of sp³-hybridized carbons (Fsp3) is 0.381. The largest absolute Gasteiger partial charge is 0.394 e. The van der Waals surface area contributed by atoms with E-state index >= 15 is 0 Å². The molecule has 1 heterocycles. The van der Waals surface area contributed by atoms with Crippen molar-refractivity contribution in [3.63, 3.8) is 0 Å². The van der Waals surface area contributed by atoms with Crippen LogP contribution in [0, 0.1) is 0 Å². The molecule has 0 bridgehead atoms. The number of carbonyl (C=O) groups excluding carboxylic acids is 1. The second-order valence-electron chi connectivity index (χ2n) is 6.36. The number of hydrogen-bond acceptors (Lipinski definition) is 4. The van der Waals surface area contributed by atoms with Crippen molar-refractivity contribution in [3.8, 4) is 0 Å². The highest BCUT2D eigenvalue weighted by Gasteiger charge is 2.31. The molecule has 0 saturated heterocycles. The number of hydrogen-bond donors (Lipinski definition) is 2. The SMILES string of the molecule is O=C(CNCCOCCO)N1CCc2ccccc2[C@H]1c1ccccc1. The van der Waals surface area contributed by atoms with Crippen molar-refractivity contribution in [2.24, 2.45) is 0 Å². The minimum Gasteiger partial charge on any atom is -0.394 e. The molecule has 2 aromatic rings. The van der Waals surface area contributed by atoms with Crippen LogP contribution >= 0.6 is 0 Å². The van der Waals surface area contributed by atoms with E-state index in [1.807, 2.05) is 29.2 Å². The number of ether oxygens (including phenoxy) is 1. The topological polar surface area (TPSA) is 61.8 Å². The monoisotopic (exact) mass is 354 g/mol. The summed E-state index contributed by atoms with van der Waals surface area (Å²) in [5.74, 6) is 0.0931. The van der Waals surface area contributed by atoms with Gasteiger partial charge in [0.2, 0.25) is 5.91 Å². The maximum atomic E-state index is 12.9. The summed E-state index contributed by atoms with van der Waals surface area (Å²) in [4.78, 5) is 14.8. The zero-order valence-corrected chi connectivity index (χ0v) is 14.9. The first-order valence-corrected chi connectivity index (χ1v) is 9.13. The molecule has 0 radical (unpaired) electrons. The molecule has 2 aromatic carbocycles. The predicted octanol–water partition coefficient (Wildman–Crippen LogP) is 1.76. The Morgan fingerprint density at radius 2 is 1.88 bits per heavy atom. The third kappa shape index (κ3) is 4.49. The van der Waals surface area contributed by atoms with Crippen LogP contribution in [0.2, 0.25) is 0 Å². The second kappa shape index (κ2) is 9.48. The van der Waals surface area contributed by atoms with E-state index < -0.39 is 0 Å². The van der Waals surface area contributed by atoms with Crippen molar-refractivity contribution in [1.82, 2.24) is 10.2 Å². The van der Waals surface area contributed by atoms with Gasteiger partial charge in [0, 0.05) is 13.1 Å². The number of benzene rings is 2. The number of fused-ring (bicyclic) bond motifs is 1. The van der Waals surface area contributed by atoms with E-state index in [1.165, 1.54) is 11.1 Å². The number of carbonyl (C=O) groups is 1. The Morgan fingerprint density at radius 1 is 1.12 bits per heavy atom. The van der Waals surface area contributed by atoms with Crippen LogP contribution in [0.4, 0.5) is 0 Å². The lowest BCUT2D eigenvalue weighted by atomic mass is 9.88. The Labute approximate surface area is 154 Å². The predicted molar refractivity (Wildman–Crippen MR) is 101 cm³/mol. The maximum absolute atomic E-state index is 12.9. The minimum absolute atomic E-state index is 0.0187. The third-order valence-electron chi connectivity index (χ3n) is 4.65. The first-order valence-electron chi connectivity index (χ1n) is 9.13. The van der Waals surface area contributed by atoms with Crippen LogP contribution in [0.3, 0.4) is 0 Å². The van der Waals surface area contributed by atoms with Gasteiger partial charge in [-0.3, -0.25) is 4.79 Å². The van der Waals surface area contributed by atoms with Crippen LogP contribution in [0.5, 0.6) is 0 Å². The van der Waals surface area contributed by atoms with Crippen molar-refractivity contribution in [1.29, 1.82) is 0 Å². The van der Waals surface area contributed by atoms with E-state index in [9.17, 15) is 4.79 Å². The molecule has 5 heteroatoms. The van der Waals surface area contributed by atoms with E-state index in [0.717, 1.165) is 18.5 Å². The Bertz CT molecular complexity index is 705. The lowest BCUT2D eigenvalue weighted by Crippen LogP contribution is -2.45. The molecule has 0 aliphatic carbocycles. The average molecular weight is 354 g/mol. The maximum Gasteiger partial charge on any atom is 0.237 e. The molecule has 1 aliphatic heterocycles. The number of aliphatic hydroxyl groups excluding tert-OH is 1. The van der Waals surface area contributed by atoms with E-state index in [-0.39, 0.29) is 25.1 Å². The molecule has 0 unspecified atom stereocenters. The van der Waals surface area contributed by atoms with Crippen LogP contribution < -0.4 is 5.32 Å². The molecule has 0 fully saturated rings. The summed E-state index contributed by atoms with van der Waals surface area (Å²) in [5, 5.41) is 11.8. The molecule has 138 valence electrons. The number of nitrogens with zero attached hydrogens (tertiary/aromatic N) is 1. The molecular formula is C21H26N2O3. The summed E-state index contributed by atoms with van der Waals surface area (Å²) in [6.45, 7) is 2.43. The van der Waals surface area contributed by atoms with E-state index in [2.05, 4.69) is 35.6 Å². The molecule has 1 amide bonds. The van der Waals surface area contributed by atoms with Crippen LogP contribution in [0.1, 0.15) is 22.7 Å². The van der Waals surface area contributed by atoms with E-state index in [4.69, 9.17) is 9.84 Å². The zero-order chi connectivity index (χ0) is 18.2. The summed E-state index contributed by atoms with van der Waals surface area (Å²) in [7, 11) is 0. The fourth-order valence-electron chi connectivity index (χ4n) is 3.44. The first-order chi connectivity index (χ1) is 12.8. The van der Waals surface area contributed by atoms with Crippen LogP contribution in [-0.4, -0.2) is 55.4 Å². The number of nitrogens with one attached hydrogen (secondary N) is 1. The minimum atomic E-state index is -0.0407. The number of amides is 1. The Hall–Kier alpha value is -2.21. The van der Waals surface area contributed by atoms with Crippen molar-refractivity contribution in [2.75, 3.05) is 39.5 Å². The summed E-state index contributed by atoms with van der Waals surface area (Å²) >= 11 is 0. The summed E-state index contributed by atoms with van der Waals surface area (Å²) in [6.07, 6.45) is 0.880. The molecule has 0 spiro atoms. The van der Waals surface area contributed by atoms with Gasteiger partial charge in [0.05, 0.1) is 32.4 Å². The van der Waals surface area contributed by atoms with E-state index in [0.29, 0.717) is 19.8 Å². The summed E-state index contributed by atoms with van der Waals surface area (Å²) in [5.41, 5.74) is 3.67. The zero-order valence-electron chi connectivity index (χ0n) is 14.9. The summed E-state index contributed by atoms with van der Waals surface area (Å²) in [6, 6.07) is 18.6. The molecule has 1 aliphatic rings. The van der Waals surface area contributed by atoms with Gasteiger partial charge in [0.1, 0.15) is 0 Å². The fourth-order valence-corrected chi connectivity index (χ4v) is 3.44. The van der Waals surface area contributed by atoms with Gasteiger partial charge in [-0.15, -0.1) is 0 Å². The molecule has 1 atom stereocenters. The van der Waals surface area contributed by atoms with Crippen molar-refractivity contribution < 1.29 is 14.6 Å². The van der Waals surface area contributed by atoms with Gasteiger partial charge < -0.3 is 20.1 Å². The van der Waals surface area contributed by atoms with Crippen LogP contribution in [0.15, 0.2) is 54.6 Å². The Morgan fingerprint density at radius 3 is 2.69 bits per heavy atom. The quantitative estimate of drug-likeness (QED) is 0.709. The first kappa shape index (κ1) is 18.6. The third-order valence-corrected chi connectivity index (χ3v) is 4.65. The molecule has 2 N–H and O–H groups in total. The van der Waals surface area contributed by atoms with Crippen molar-refractivity contribution >= 4 is 5.91 Å². The molecular weight excluding hydrogens is 328 g/mol. The van der Waals surface area contributed by atoms with Crippen LogP contribution in [0.25, 0.3) is 0 Å². The molecule has 3 rings (SSSR count). The van der Waals surface area contributed by atoms with Gasteiger partial charge in [0.15, 0.2) is 0 Å². The van der Waals surface area contributed by atoms with Gasteiger partial charge in [-0.2, -0.15) is 0 Å². The average Bonchev–Trinajstić information content (AvgIpc) is 2.70. The number of rotatable bonds is 8. The molecule has 0 saturated carbocycles. The van der Waals surface area contributed by atoms with Gasteiger partial charge >= 0.3 is 0 Å². The Kier molecular flexibility index (Phi) is 6.77. The molecule has 5 nitrogen and oxygen atoms in total. The van der Waals surface area contributed by atoms with Gasteiger partial charge in [0.25, 0.3) is 0 Å². The summed E-state index contributed by atoms with van der Waals surface area (Å²) < 4.78 is 5.21. The van der Waals surface area contributed by atoms with Crippen LogP contribution in [-0.2, 0) is 16.0 Å². The van der Waals surface area contributed by atoms with Crippen molar-refractivity contribution in [3.05, 3.63) is 71.3 Å². The van der Waals surface area contributed by atoms with Crippen molar-refractivity contribution in [2.45, 2.75) is 12.5 Å². The van der Waals surface area contributed by atoms with E-state index in [1.54, 1.807) is 0 Å². The second-order valence-corrected chi connectivity index (χ2v) is 6.36. The standard InChI is InChI=1S/C21H26N2O3/c24-13-15-26-14-11-22-16-20(25)23-12-10-17-6-4-5-9-19(17)21(23)18-7-2-1-3-8-18/h1-9,21-22,24H,10-16H2/t21-/m1/s1. The van der Waals surface area contributed by atoms with Gasteiger partial charge in [-0.25, -0.2) is 0 Å². The molecule has 26 heavy (non-hydrogen) atoms. The lowest BCUT2D eigenvalue weighted by molar-refractivity contribution is -0.132. The van der Waals surface area contributed by atoms with Gasteiger partial charge in [-0.05, 0) is 23.1 Å². The highest BCUT2D eigenvalue weighted by Crippen LogP contribution is 2.34. The highest BCUT2D eigenvalue weighted by atomic mass is 16.5. The smallest absolute Gasteiger partial charge is 0.237 e. The normalized spacial score (nSPS) is 16.3. The lowest BCUT2D eigenvalue weighted by Gasteiger charge is -2.38.